The highest BCUT2D eigenvalue weighted by molar-refractivity contribution is 6.30. The van der Waals surface area contributed by atoms with E-state index in [9.17, 15) is 9.90 Å². The van der Waals surface area contributed by atoms with E-state index < -0.39 is 5.91 Å². The second-order valence-corrected chi connectivity index (χ2v) is 5.62. The minimum Gasteiger partial charge on any atom is -0.507 e. The number of benzene rings is 2. The van der Waals surface area contributed by atoms with Crippen molar-refractivity contribution in [1.29, 1.82) is 0 Å². The molecule has 0 atom stereocenters. The van der Waals surface area contributed by atoms with Gasteiger partial charge in [-0.2, -0.15) is 5.10 Å². The lowest BCUT2D eigenvalue weighted by Crippen LogP contribution is -2.17. The zero-order valence-corrected chi connectivity index (χ0v) is 13.1. The van der Waals surface area contributed by atoms with Crippen molar-refractivity contribution in [2.45, 2.75) is 19.8 Å². The van der Waals surface area contributed by atoms with Crippen LogP contribution in [0.3, 0.4) is 0 Å². The molecule has 114 valence electrons. The molecule has 0 saturated heterocycles. The van der Waals surface area contributed by atoms with Crippen LogP contribution in [-0.2, 0) is 0 Å². The number of hydrazone groups is 1. The van der Waals surface area contributed by atoms with E-state index in [1.165, 1.54) is 23.8 Å². The van der Waals surface area contributed by atoms with E-state index in [0.717, 1.165) is 5.56 Å². The highest BCUT2D eigenvalue weighted by Crippen LogP contribution is 2.21. The molecule has 0 spiro atoms. The Balaban J connectivity index is 2.01. The molecule has 0 aromatic heterocycles. The molecule has 0 aliphatic heterocycles. The van der Waals surface area contributed by atoms with Crippen molar-refractivity contribution in [1.82, 2.24) is 5.43 Å². The van der Waals surface area contributed by atoms with Gasteiger partial charge in [-0.05, 0) is 35.2 Å². The summed E-state index contributed by atoms with van der Waals surface area (Å²) in [4.78, 5) is 11.9. The first-order chi connectivity index (χ1) is 10.5. The van der Waals surface area contributed by atoms with Gasteiger partial charge in [0.25, 0.3) is 5.91 Å². The second kappa shape index (κ2) is 7.09. The third-order valence-corrected chi connectivity index (χ3v) is 3.42. The van der Waals surface area contributed by atoms with E-state index in [4.69, 9.17) is 11.6 Å². The molecular formula is C17H17ClN2O2. The van der Waals surface area contributed by atoms with Crippen LogP contribution in [0.4, 0.5) is 0 Å². The average molecular weight is 317 g/mol. The van der Waals surface area contributed by atoms with Crippen LogP contribution < -0.4 is 5.43 Å². The van der Waals surface area contributed by atoms with Gasteiger partial charge in [-0.3, -0.25) is 4.79 Å². The summed E-state index contributed by atoms with van der Waals surface area (Å²) in [5, 5.41) is 13.9. The Labute approximate surface area is 134 Å². The van der Waals surface area contributed by atoms with Gasteiger partial charge in [-0.25, -0.2) is 5.43 Å². The van der Waals surface area contributed by atoms with Crippen molar-refractivity contribution in [3.05, 3.63) is 64.2 Å². The van der Waals surface area contributed by atoms with Crippen molar-refractivity contribution >= 4 is 23.7 Å². The fourth-order valence-corrected chi connectivity index (χ4v) is 2.06. The van der Waals surface area contributed by atoms with Crippen LogP contribution >= 0.6 is 11.6 Å². The molecule has 4 nitrogen and oxygen atoms in total. The number of carbonyl (C=O) groups is 1. The molecule has 2 N–H and O–H groups in total. The molecule has 1 amide bonds. The van der Waals surface area contributed by atoms with Gasteiger partial charge in [0, 0.05) is 5.02 Å². The quantitative estimate of drug-likeness (QED) is 0.663. The molecule has 5 heteroatoms. The maximum atomic E-state index is 11.9. The number of amides is 1. The number of halogens is 1. The molecule has 2 rings (SSSR count). The lowest BCUT2D eigenvalue weighted by Gasteiger charge is -2.05. The standard InChI is InChI=1S/C17H17ClN2O2/c1-11(2)13-5-3-12(4-6-13)10-19-20-17(22)15-8-7-14(18)9-16(15)21/h3-11,21H,1-2H3,(H,20,22)/b19-10+. The first kappa shape index (κ1) is 16.0. The maximum absolute atomic E-state index is 11.9. The Morgan fingerprint density at radius 3 is 2.50 bits per heavy atom. The van der Waals surface area contributed by atoms with Crippen molar-refractivity contribution in [3.8, 4) is 5.75 Å². The van der Waals surface area contributed by atoms with Gasteiger partial charge in [0.2, 0.25) is 0 Å². The largest absolute Gasteiger partial charge is 0.507 e. The third-order valence-electron chi connectivity index (χ3n) is 3.19. The van der Waals surface area contributed by atoms with E-state index >= 15 is 0 Å². The lowest BCUT2D eigenvalue weighted by molar-refractivity contribution is 0.0952. The van der Waals surface area contributed by atoms with Crippen molar-refractivity contribution in [2.75, 3.05) is 0 Å². The number of phenolic OH excluding ortho intramolecular Hbond substituents is 1. The molecule has 0 aliphatic carbocycles. The number of carbonyl (C=O) groups excluding carboxylic acids is 1. The van der Waals surface area contributed by atoms with Crippen molar-refractivity contribution in [2.24, 2.45) is 5.10 Å². The number of hydrogen-bond donors (Lipinski definition) is 2. The third kappa shape index (κ3) is 4.09. The summed E-state index contributed by atoms with van der Waals surface area (Å²) >= 11 is 5.72. The SMILES string of the molecule is CC(C)c1ccc(/C=N/NC(=O)c2ccc(Cl)cc2O)cc1. The van der Waals surface area contributed by atoms with Gasteiger partial charge in [-0.15, -0.1) is 0 Å². The zero-order valence-electron chi connectivity index (χ0n) is 12.4. The van der Waals surface area contributed by atoms with Crippen LogP contribution in [0.2, 0.25) is 5.02 Å². The summed E-state index contributed by atoms with van der Waals surface area (Å²) in [6.45, 7) is 4.25. The molecule has 2 aromatic carbocycles. The van der Waals surface area contributed by atoms with Crippen LogP contribution in [-0.4, -0.2) is 17.2 Å². The predicted molar refractivity (Wildman–Crippen MR) is 88.7 cm³/mol. The van der Waals surface area contributed by atoms with Crippen molar-refractivity contribution < 1.29 is 9.90 Å². The fourth-order valence-electron chi connectivity index (χ4n) is 1.89. The normalized spacial score (nSPS) is 11.1. The van der Waals surface area contributed by atoms with Gasteiger partial charge in [0.15, 0.2) is 0 Å². The topological polar surface area (TPSA) is 61.7 Å². The van der Waals surface area contributed by atoms with E-state index in [0.29, 0.717) is 10.9 Å². The summed E-state index contributed by atoms with van der Waals surface area (Å²) in [7, 11) is 0. The molecule has 22 heavy (non-hydrogen) atoms. The number of nitrogens with one attached hydrogen (secondary N) is 1. The second-order valence-electron chi connectivity index (χ2n) is 5.18. The molecule has 0 saturated carbocycles. The van der Waals surface area contributed by atoms with E-state index in [-0.39, 0.29) is 11.3 Å². The van der Waals surface area contributed by atoms with Crippen molar-refractivity contribution in [3.63, 3.8) is 0 Å². The average Bonchev–Trinajstić information content (AvgIpc) is 2.47. The van der Waals surface area contributed by atoms with Gasteiger partial charge >= 0.3 is 0 Å². The van der Waals surface area contributed by atoms with E-state index in [1.807, 2.05) is 24.3 Å². The number of rotatable bonds is 4. The fraction of sp³-hybridized carbons (Fsp3) is 0.176. The summed E-state index contributed by atoms with van der Waals surface area (Å²) in [5.41, 5.74) is 4.62. The number of nitrogens with zero attached hydrogens (tertiary/aromatic N) is 1. The first-order valence-corrected chi connectivity index (χ1v) is 7.27. The summed E-state index contributed by atoms with van der Waals surface area (Å²) < 4.78 is 0. The predicted octanol–water partition coefficient (Wildman–Crippen LogP) is 3.93. The van der Waals surface area contributed by atoms with Gasteiger partial charge in [0.1, 0.15) is 5.75 Å². The van der Waals surface area contributed by atoms with Gasteiger partial charge in [0.05, 0.1) is 11.8 Å². The zero-order chi connectivity index (χ0) is 16.1. The first-order valence-electron chi connectivity index (χ1n) is 6.89. The van der Waals surface area contributed by atoms with Crippen LogP contribution in [0.5, 0.6) is 5.75 Å². The van der Waals surface area contributed by atoms with Crippen LogP contribution in [0.25, 0.3) is 0 Å². The Hall–Kier alpha value is -2.33. The summed E-state index contributed by atoms with van der Waals surface area (Å²) in [5.74, 6) is -0.204. The molecule has 0 heterocycles. The molecule has 2 aromatic rings. The van der Waals surface area contributed by atoms with Crippen LogP contribution in [0.15, 0.2) is 47.6 Å². The Morgan fingerprint density at radius 2 is 1.91 bits per heavy atom. The number of phenols is 1. The van der Waals surface area contributed by atoms with E-state index in [1.54, 1.807) is 6.21 Å². The monoisotopic (exact) mass is 316 g/mol. The van der Waals surface area contributed by atoms with Gasteiger partial charge < -0.3 is 5.11 Å². The number of aromatic hydroxyl groups is 1. The Kier molecular flexibility index (Phi) is 5.17. The minimum atomic E-state index is -0.496. The summed E-state index contributed by atoms with van der Waals surface area (Å²) in [6.07, 6.45) is 1.55. The Bertz CT molecular complexity index is 694. The van der Waals surface area contributed by atoms with Crippen LogP contribution in [0, 0.1) is 0 Å². The summed E-state index contributed by atoms with van der Waals surface area (Å²) in [6, 6.07) is 12.2. The number of hydrogen-bond acceptors (Lipinski definition) is 3. The lowest BCUT2D eigenvalue weighted by atomic mass is 10.0. The Morgan fingerprint density at radius 1 is 1.23 bits per heavy atom. The smallest absolute Gasteiger partial charge is 0.275 e. The minimum absolute atomic E-state index is 0.122. The molecule has 0 unspecified atom stereocenters. The highest BCUT2D eigenvalue weighted by Gasteiger charge is 2.10. The van der Waals surface area contributed by atoms with Crippen LogP contribution in [0.1, 0.15) is 41.3 Å². The molecule has 0 bridgehead atoms. The molecule has 0 fully saturated rings. The highest BCUT2D eigenvalue weighted by atomic mass is 35.5. The molecule has 0 aliphatic rings. The molecule has 0 radical (unpaired) electrons. The van der Waals surface area contributed by atoms with E-state index in [2.05, 4.69) is 24.4 Å². The van der Waals surface area contributed by atoms with Gasteiger partial charge in [-0.1, -0.05) is 49.7 Å². The maximum Gasteiger partial charge on any atom is 0.275 e. The molecular weight excluding hydrogens is 300 g/mol.